The Hall–Kier alpha value is -5.54. The predicted molar refractivity (Wildman–Crippen MR) is 154 cm³/mol. The van der Waals surface area contributed by atoms with E-state index >= 15 is 0 Å². The fourth-order valence-corrected chi connectivity index (χ4v) is 2.81. The van der Waals surface area contributed by atoms with Crippen molar-refractivity contribution in [2.24, 2.45) is 5.41 Å². The number of aliphatic carboxylic acids is 2. The number of hydrogen-bond donors (Lipinski definition) is 2. The summed E-state index contributed by atoms with van der Waals surface area (Å²) in [7, 11) is 0. The number of esters is 6. The molecule has 0 rings (SSSR count). The first-order chi connectivity index (χ1) is 21.2. The van der Waals surface area contributed by atoms with Crippen LogP contribution in [0.25, 0.3) is 0 Å². The van der Waals surface area contributed by atoms with E-state index in [-0.39, 0.29) is 23.1 Å². The summed E-state index contributed by atoms with van der Waals surface area (Å²) < 4.78 is 30.1. The highest BCUT2D eigenvalue weighted by molar-refractivity contribution is 5.92. The minimum absolute atomic E-state index is 0.0303. The number of carbonyl (C=O) groups excluding carboxylic acids is 6. The molecule has 0 fully saturated rings. The molecule has 0 aromatic heterocycles. The first kappa shape index (κ1) is 40.5. The van der Waals surface area contributed by atoms with E-state index in [1.807, 2.05) is 0 Å². The summed E-state index contributed by atoms with van der Waals surface area (Å²) in [6, 6.07) is 0. The van der Waals surface area contributed by atoms with E-state index in [4.69, 9.17) is 38.6 Å². The Kier molecular flexibility index (Phi) is 17.3. The van der Waals surface area contributed by atoms with Crippen molar-refractivity contribution in [3.63, 3.8) is 0 Å². The van der Waals surface area contributed by atoms with Crippen molar-refractivity contribution >= 4 is 47.8 Å². The van der Waals surface area contributed by atoms with Gasteiger partial charge in [0.1, 0.15) is 26.4 Å². The first-order valence-corrected chi connectivity index (χ1v) is 13.2. The van der Waals surface area contributed by atoms with E-state index in [1.165, 1.54) is 27.7 Å². The molecule has 0 heterocycles. The van der Waals surface area contributed by atoms with Gasteiger partial charge in [0.15, 0.2) is 12.2 Å². The van der Waals surface area contributed by atoms with Crippen LogP contribution in [0, 0.1) is 5.41 Å². The average Bonchev–Trinajstić information content (AvgIpc) is 2.96. The molecule has 0 amide bonds. The Bertz CT molecular complexity index is 1300. The molecule has 0 saturated carbocycles. The SMILES string of the molecule is C=C(C)C(=O)OCC(COC(=O)C(=C)CC(C)(C)C(=O)OCC(COC(=O)C(=C)C)OC(=O)C=CC(=O)O)OC(=O)C=CC(=O)O. The molecule has 16 nitrogen and oxygen atoms in total. The fourth-order valence-electron chi connectivity index (χ4n) is 2.81. The van der Waals surface area contributed by atoms with Crippen molar-refractivity contribution in [2.75, 3.05) is 26.4 Å². The van der Waals surface area contributed by atoms with Crippen LogP contribution in [0.1, 0.15) is 34.1 Å². The van der Waals surface area contributed by atoms with Crippen LogP contribution in [0.4, 0.5) is 0 Å². The van der Waals surface area contributed by atoms with Gasteiger partial charge in [0.05, 0.1) is 5.41 Å². The maximum Gasteiger partial charge on any atom is 0.333 e. The lowest BCUT2D eigenvalue weighted by Crippen LogP contribution is -2.35. The number of carbonyl (C=O) groups is 8. The van der Waals surface area contributed by atoms with Gasteiger partial charge in [0.2, 0.25) is 0 Å². The second-order valence-electron chi connectivity index (χ2n) is 10.1. The maximum atomic E-state index is 12.8. The van der Waals surface area contributed by atoms with Crippen molar-refractivity contribution in [2.45, 2.75) is 46.3 Å². The molecular formula is C30H36O16. The molecule has 0 radical (unpaired) electrons. The Morgan fingerprint density at radius 3 is 1.30 bits per heavy atom. The molecule has 16 heteroatoms. The summed E-state index contributed by atoms with van der Waals surface area (Å²) in [6.07, 6.45) is -0.813. The Balaban J connectivity index is 5.37. The van der Waals surface area contributed by atoms with E-state index in [9.17, 15) is 38.4 Å². The van der Waals surface area contributed by atoms with E-state index < -0.39 is 91.8 Å². The first-order valence-electron chi connectivity index (χ1n) is 13.2. The van der Waals surface area contributed by atoms with Crippen molar-refractivity contribution in [1.29, 1.82) is 0 Å². The monoisotopic (exact) mass is 652 g/mol. The van der Waals surface area contributed by atoms with Gasteiger partial charge in [-0.25, -0.2) is 33.6 Å². The van der Waals surface area contributed by atoms with Gasteiger partial charge in [0.25, 0.3) is 0 Å². The molecule has 0 bridgehead atoms. The highest BCUT2D eigenvalue weighted by atomic mass is 16.6. The molecule has 2 N–H and O–H groups in total. The molecule has 0 aromatic carbocycles. The fraction of sp³-hybridized carbons (Fsp3) is 0.400. The topological polar surface area (TPSA) is 232 Å². The summed E-state index contributed by atoms with van der Waals surface area (Å²) in [4.78, 5) is 94.0. The lowest BCUT2D eigenvalue weighted by molar-refractivity contribution is -0.167. The van der Waals surface area contributed by atoms with E-state index in [1.54, 1.807) is 0 Å². The summed E-state index contributed by atoms with van der Waals surface area (Å²) >= 11 is 0. The second-order valence-corrected chi connectivity index (χ2v) is 10.1. The zero-order chi connectivity index (χ0) is 35.6. The van der Waals surface area contributed by atoms with Crippen LogP contribution in [-0.2, 0) is 66.8 Å². The third kappa shape index (κ3) is 17.5. The molecule has 252 valence electrons. The molecule has 0 aliphatic rings. The molecule has 46 heavy (non-hydrogen) atoms. The summed E-state index contributed by atoms with van der Waals surface area (Å²) in [5.41, 5.74) is -1.59. The van der Waals surface area contributed by atoms with Crippen LogP contribution in [0.3, 0.4) is 0 Å². The van der Waals surface area contributed by atoms with Crippen molar-refractivity contribution in [3.05, 3.63) is 60.8 Å². The third-order valence-electron chi connectivity index (χ3n) is 5.08. The number of carboxylic acid groups (broad SMARTS) is 2. The molecule has 0 aliphatic heterocycles. The molecule has 0 spiro atoms. The summed E-state index contributed by atoms with van der Waals surface area (Å²) in [5.74, 6) is -8.70. The van der Waals surface area contributed by atoms with Gasteiger partial charge in [-0.1, -0.05) is 19.7 Å². The Labute approximate surface area is 263 Å². The standard InChI is InChI=1S/C30H36O16/c1-17(2)26(37)41-13-20(45-24(35)10-8-22(31)32)15-43-28(39)19(5)12-30(6,7)29(40)44-16-21(14-42-27(38)18(3)4)46-25(36)11-9-23(33)34/h8-11,20-21H,1,3,5,12-16H2,2,4,6-7H3,(H,31,32)(H,33,34). The van der Waals surface area contributed by atoms with Crippen LogP contribution in [0.15, 0.2) is 60.8 Å². The van der Waals surface area contributed by atoms with E-state index in [0.717, 1.165) is 0 Å². The molecular weight excluding hydrogens is 616 g/mol. The Morgan fingerprint density at radius 1 is 0.609 bits per heavy atom. The largest absolute Gasteiger partial charge is 0.478 e. The zero-order valence-corrected chi connectivity index (χ0v) is 25.7. The molecule has 0 aliphatic carbocycles. The zero-order valence-electron chi connectivity index (χ0n) is 25.7. The number of rotatable bonds is 20. The van der Waals surface area contributed by atoms with Gasteiger partial charge in [-0.3, -0.25) is 4.79 Å². The lowest BCUT2D eigenvalue weighted by atomic mass is 9.86. The van der Waals surface area contributed by atoms with Crippen LogP contribution in [0.5, 0.6) is 0 Å². The van der Waals surface area contributed by atoms with Gasteiger partial charge in [-0.2, -0.15) is 0 Å². The minimum Gasteiger partial charge on any atom is -0.478 e. The van der Waals surface area contributed by atoms with Crippen LogP contribution in [0.2, 0.25) is 0 Å². The van der Waals surface area contributed by atoms with Crippen molar-refractivity contribution < 1.29 is 77.0 Å². The summed E-state index contributed by atoms with van der Waals surface area (Å²) in [6.45, 7) is 13.5. The maximum absolute atomic E-state index is 12.8. The van der Waals surface area contributed by atoms with Crippen molar-refractivity contribution in [1.82, 2.24) is 0 Å². The second kappa shape index (κ2) is 19.7. The number of carboxylic acids is 2. The quantitative estimate of drug-likeness (QED) is 0.107. The smallest absolute Gasteiger partial charge is 0.333 e. The molecule has 2 atom stereocenters. The Morgan fingerprint density at radius 2 is 0.957 bits per heavy atom. The number of hydrogen-bond acceptors (Lipinski definition) is 14. The average molecular weight is 653 g/mol. The highest BCUT2D eigenvalue weighted by Crippen LogP contribution is 2.27. The predicted octanol–water partition coefficient (Wildman–Crippen LogP) is 1.39. The van der Waals surface area contributed by atoms with Crippen molar-refractivity contribution in [3.8, 4) is 0 Å². The van der Waals surface area contributed by atoms with Crippen LogP contribution in [-0.4, -0.2) is 96.6 Å². The number of ether oxygens (including phenoxy) is 6. The van der Waals surface area contributed by atoms with E-state index in [0.29, 0.717) is 24.3 Å². The lowest BCUT2D eigenvalue weighted by Gasteiger charge is -2.25. The van der Waals surface area contributed by atoms with Gasteiger partial charge >= 0.3 is 47.8 Å². The minimum atomic E-state index is -1.43. The van der Waals surface area contributed by atoms with Gasteiger partial charge < -0.3 is 38.6 Å². The van der Waals surface area contributed by atoms with Crippen LogP contribution >= 0.6 is 0 Å². The van der Waals surface area contributed by atoms with Crippen LogP contribution < -0.4 is 0 Å². The molecule has 0 aromatic rings. The highest BCUT2D eigenvalue weighted by Gasteiger charge is 2.33. The third-order valence-corrected chi connectivity index (χ3v) is 5.08. The molecule has 2 unspecified atom stereocenters. The van der Waals surface area contributed by atoms with Gasteiger partial charge in [-0.05, 0) is 34.1 Å². The van der Waals surface area contributed by atoms with Gasteiger partial charge in [-0.15, -0.1) is 0 Å². The molecule has 0 saturated heterocycles. The normalized spacial score (nSPS) is 12.3. The van der Waals surface area contributed by atoms with E-state index in [2.05, 4.69) is 19.7 Å². The van der Waals surface area contributed by atoms with Gasteiger partial charge in [0, 0.05) is 41.0 Å². The summed E-state index contributed by atoms with van der Waals surface area (Å²) in [5, 5.41) is 17.3.